The Morgan fingerprint density at radius 3 is 2.27 bits per heavy atom. The lowest BCUT2D eigenvalue weighted by Crippen LogP contribution is -2.49. The molecule has 1 atom stereocenters. The van der Waals surface area contributed by atoms with Gasteiger partial charge in [-0.25, -0.2) is 0 Å². The highest BCUT2D eigenvalue weighted by atomic mass is 35.5. The molecule has 1 N–H and O–H groups in total. The summed E-state index contributed by atoms with van der Waals surface area (Å²) < 4.78 is 0. The average molecular weight is 373 g/mol. The molecular formula is C21H25ClN2O2. The smallest absolute Gasteiger partial charge is 0.242 e. The Morgan fingerprint density at radius 2 is 1.69 bits per heavy atom. The van der Waals surface area contributed by atoms with Crippen molar-refractivity contribution in [2.24, 2.45) is 0 Å². The molecule has 0 heterocycles. The van der Waals surface area contributed by atoms with Crippen LogP contribution in [0, 0.1) is 0 Å². The predicted molar refractivity (Wildman–Crippen MR) is 105 cm³/mol. The van der Waals surface area contributed by atoms with Gasteiger partial charge in [-0.15, -0.1) is 0 Å². The third-order valence-electron chi connectivity index (χ3n) is 4.39. The summed E-state index contributed by atoms with van der Waals surface area (Å²) in [5.41, 5.74) is 2.03. The summed E-state index contributed by atoms with van der Waals surface area (Å²) in [6.07, 6.45) is 1.53. The van der Waals surface area contributed by atoms with Crippen LogP contribution in [0.5, 0.6) is 0 Å². The van der Waals surface area contributed by atoms with Gasteiger partial charge in [-0.05, 0) is 36.1 Å². The molecule has 5 heteroatoms. The number of halogens is 1. The van der Waals surface area contributed by atoms with Crippen molar-refractivity contribution in [3.8, 4) is 0 Å². The van der Waals surface area contributed by atoms with Crippen molar-refractivity contribution in [1.82, 2.24) is 10.2 Å². The zero-order valence-electron chi connectivity index (χ0n) is 15.2. The molecule has 0 fully saturated rings. The molecule has 0 aliphatic heterocycles. The molecule has 0 aliphatic carbocycles. The fourth-order valence-electron chi connectivity index (χ4n) is 2.94. The van der Waals surface area contributed by atoms with E-state index in [4.69, 9.17) is 11.6 Å². The SMILES string of the molecule is CC[C@H](C(=O)NC)N(CCc1ccccc1)C(=O)Cc1ccc(Cl)cc1. The van der Waals surface area contributed by atoms with Gasteiger partial charge >= 0.3 is 0 Å². The fraction of sp³-hybridized carbons (Fsp3) is 0.333. The molecule has 4 nitrogen and oxygen atoms in total. The quantitative estimate of drug-likeness (QED) is 0.771. The zero-order valence-corrected chi connectivity index (χ0v) is 16.0. The van der Waals surface area contributed by atoms with Crippen molar-refractivity contribution in [2.75, 3.05) is 13.6 Å². The second kappa shape index (κ2) is 9.97. The van der Waals surface area contributed by atoms with E-state index in [0.717, 1.165) is 11.1 Å². The van der Waals surface area contributed by atoms with Gasteiger partial charge in [0.1, 0.15) is 6.04 Å². The number of hydrogen-bond acceptors (Lipinski definition) is 2. The van der Waals surface area contributed by atoms with Crippen molar-refractivity contribution < 1.29 is 9.59 Å². The highest BCUT2D eigenvalue weighted by Crippen LogP contribution is 2.14. The van der Waals surface area contributed by atoms with Crippen LogP contribution in [-0.4, -0.2) is 36.3 Å². The maximum absolute atomic E-state index is 13.0. The third kappa shape index (κ3) is 5.60. The van der Waals surface area contributed by atoms with Crippen LogP contribution in [0.2, 0.25) is 5.02 Å². The second-order valence-corrected chi connectivity index (χ2v) is 6.60. The lowest BCUT2D eigenvalue weighted by atomic mass is 10.1. The van der Waals surface area contributed by atoms with Crippen molar-refractivity contribution in [1.29, 1.82) is 0 Å². The predicted octanol–water partition coefficient (Wildman–Crippen LogP) is 3.48. The maximum atomic E-state index is 13.0. The summed E-state index contributed by atoms with van der Waals surface area (Å²) >= 11 is 5.91. The molecule has 0 radical (unpaired) electrons. The number of carbonyl (C=O) groups excluding carboxylic acids is 2. The van der Waals surface area contributed by atoms with E-state index in [1.807, 2.05) is 49.4 Å². The molecule has 2 aromatic rings. The van der Waals surface area contributed by atoms with Crippen LogP contribution in [0.15, 0.2) is 54.6 Å². The minimum Gasteiger partial charge on any atom is -0.357 e. The first-order valence-electron chi connectivity index (χ1n) is 8.84. The van der Waals surface area contributed by atoms with Crippen LogP contribution < -0.4 is 5.32 Å². The van der Waals surface area contributed by atoms with Crippen LogP contribution in [0.1, 0.15) is 24.5 Å². The molecule has 2 amide bonds. The van der Waals surface area contributed by atoms with Gasteiger partial charge in [0.2, 0.25) is 11.8 Å². The van der Waals surface area contributed by atoms with Crippen LogP contribution in [0.3, 0.4) is 0 Å². The number of hydrogen-bond donors (Lipinski definition) is 1. The second-order valence-electron chi connectivity index (χ2n) is 6.16. The number of nitrogens with one attached hydrogen (secondary N) is 1. The molecule has 26 heavy (non-hydrogen) atoms. The number of carbonyl (C=O) groups is 2. The highest BCUT2D eigenvalue weighted by molar-refractivity contribution is 6.30. The van der Waals surface area contributed by atoms with Gasteiger partial charge in [0.05, 0.1) is 6.42 Å². The summed E-state index contributed by atoms with van der Waals surface area (Å²) in [5, 5.41) is 3.31. The Labute approximate surface area is 160 Å². The molecule has 2 rings (SSSR count). The standard InChI is InChI=1S/C21H25ClN2O2/c1-3-19(21(26)23-2)24(14-13-16-7-5-4-6-8-16)20(25)15-17-9-11-18(22)12-10-17/h4-12,19H,3,13-15H2,1-2H3,(H,23,26)/t19-/m1/s1. The fourth-order valence-corrected chi connectivity index (χ4v) is 3.07. The first kappa shape index (κ1) is 20.0. The summed E-state index contributed by atoms with van der Waals surface area (Å²) in [4.78, 5) is 26.9. The molecular weight excluding hydrogens is 348 g/mol. The van der Waals surface area contributed by atoms with Gasteiger partial charge in [-0.2, -0.15) is 0 Å². The Morgan fingerprint density at radius 1 is 1.04 bits per heavy atom. The third-order valence-corrected chi connectivity index (χ3v) is 4.64. The molecule has 0 aliphatic rings. The van der Waals surface area contributed by atoms with E-state index in [2.05, 4.69) is 5.32 Å². The van der Waals surface area contributed by atoms with Crippen LogP contribution in [0.25, 0.3) is 0 Å². The summed E-state index contributed by atoms with van der Waals surface area (Å²) in [6.45, 7) is 2.42. The van der Waals surface area contributed by atoms with Crippen molar-refractivity contribution in [3.63, 3.8) is 0 Å². The van der Waals surface area contributed by atoms with E-state index in [1.54, 1.807) is 24.1 Å². The van der Waals surface area contributed by atoms with Gasteiger partial charge in [0.15, 0.2) is 0 Å². The number of benzene rings is 2. The van der Waals surface area contributed by atoms with Gasteiger partial charge in [-0.1, -0.05) is 61.0 Å². The number of rotatable bonds is 8. The van der Waals surface area contributed by atoms with E-state index in [-0.39, 0.29) is 18.2 Å². The van der Waals surface area contributed by atoms with Crippen molar-refractivity contribution in [2.45, 2.75) is 32.2 Å². The zero-order chi connectivity index (χ0) is 18.9. The summed E-state index contributed by atoms with van der Waals surface area (Å²) in [5.74, 6) is -0.191. The van der Waals surface area contributed by atoms with E-state index in [0.29, 0.717) is 24.4 Å². The van der Waals surface area contributed by atoms with E-state index in [9.17, 15) is 9.59 Å². The van der Waals surface area contributed by atoms with Crippen molar-refractivity contribution >= 4 is 23.4 Å². The summed E-state index contributed by atoms with van der Waals surface area (Å²) in [6, 6.07) is 16.7. The highest BCUT2D eigenvalue weighted by Gasteiger charge is 2.27. The molecule has 2 aromatic carbocycles. The summed E-state index contributed by atoms with van der Waals surface area (Å²) in [7, 11) is 1.60. The van der Waals surface area contributed by atoms with E-state index >= 15 is 0 Å². The molecule has 0 saturated heterocycles. The Kier molecular flexibility index (Phi) is 7.67. The number of nitrogens with zero attached hydrogens (tertiary/aromatic N) is 1. The van der Waals surface area contributed by atoms with Crippen LogP contribution in [-0.2, 0) is 22.4 Å². The first-order chi connectivity index (χ1) is 12.5. The number of amides is 2. The van der Waals surface area contributed by atoms with E-state index < -0.39 is 6.04 Å². The Balaban J connectivity index is 2.16. The molecule has 0 bridgehead atoms. The largest absolute Gasteiger partial charge is 0.357 e. The Hall–Kier alpha value is -2.33. The lowest BCUT2D eigenvalue weighted by molar-refractivity contribution is -0.140. The van der Waals surface area contributed by atoms with Crippen molar-refractivity contribution in [3.05, 3.63) is 70.7 Å². The molecule has 0 aromatic heterocycles. The number of likely N-dealkylation sites (N-methyl/N-ethyl adjacent to an activating group) is 1. The average Bonchev–Trinajstić information content (AvgIpc) is 2.67. The molecule has 0 saturated carbocycles. The topological polar surface area (TPSA) is 49.4 Å². The van der Waals surface area contributed by atoms with Gasteiger partial charge in [0.25, 0.3) is 0 Å². The van der Waals surface area contributed by atoms with Gasteiger partial charge in [-0.3, -0.25) is 9.59 Å². The monoisotopic (exact) mass is 372 g/mol. The minimum absolute atomic E-state index is 0.0568. The molecule has 0 spiro atoms. The van der Waals surface area contributed by atoms with Crippen LogP contribution >= 0.6 is 11.6 Å². The van der Waals surface area contributed by atoms with E-state index in [1.165, 1.54) is 0 Å². The normalized spacial score (nSPS) is 11.7. The van der Waals surface area contributed by atoms with Gasteiger partial charge in [0, 0.05) is 18.6 Å². The lowest BCUT2D eigenvalue weighted by Gasteiger charge is -2.30. The van der Waals surface area contributed by atoms with Crippen LogP contribution in [0.4, 0.5) is 0 Å². The molecule has 138 valence electrons. The first-order valence-corrected chi connectivity index (χ1v) is 9.22. The maximum Gasteiger partial charge on any atom is 0.242 e. The van der Waals surface area contributed by atoms with Gasteiger partial charge < -0.3 is 10.2 Å². The Bertz CT molecular complexity index is 717. The minimum atomic E-state index is -0.469. The molecule has 0 unspecified atom stereocenters.